The number of hydrogen-bond donors (Lipinski definition) is 0. The minimum absolute atomic E-state index is 0.458. The van der Waals surface area contributed by atoms with E-state index in [0.717, 1.165) is 13.0 Å². The van der Waals surface area contributed by atoms with E-state index in [0.29, 0.717) is 6.10 Å². The van der Waals surface area contributed by atoms with Crippen LogP contribution in [0.2, 0.25) is 0 Å². The molecule has 17 heavy (non-hydrogen) atoms. The molecule has 2 aromatic rings. The molecule has 1 aliphatic heterocycles. The fraction of sp³-hybridized carbons (Fsp3) is 0.250. The molecule has 0 N–H and O–H groups in total. The van der Waals surface area contributed by atoms with E-state index in [-0.39, 0.29) is 0 Å². The number of benzene rings is 2. The SMILES string of the molecule is Cc1c(CC2CO2)cccc1-c1ccccc1. The van der Waals surface area contributed by atoms with Gasteiger partial charge in [-0.1, -0.05) is 48.5 Å². The molecule has 0 radical (unpaired) electrons. The van der Waals surface area contributed by atoms with E-state index in [9.17, 15) is 0 Å². The summed E-state index contributed by atoms with van der Waals surface area (Å²) in [5, 5.41) is 0. The van der Waals surface area contributed by atoms with E-state index in [4.69, 9.17) is 4.74 Å². The highest BCUT2D eigenvalue weighted by Gasteiger charge is 2.23. The van der Waals surface area contributed by atoms with Gasteiger partial charge in [0.15, 0.2) is 0 Å². The fourth-order valence-corrected chi connectivity index (χ4v) is 2.27. The Kier molecular flexibility index (Phi) is 2.69. The van der Waals surface area contributed by atoms with Crippen LogP contribution in [0, 0.1) is 6.92 Å². The number of ether oxygens (including phenoxy) is 1. The maximum absolute atomic E-state index is 5.31. The number of rotatable bonds is 3. The van der Waals surface area contributed by atoms with Gasteiger partial charge in [-0.25, -0.2) is 0 Å². The summed E-state index contributed by atoms with van der Waals surface area (Å²) in [4.78, 5) is 0. The highest BCUT2D eigenvalue weighted by atomic mass is 16.6. The lowest BCUT2D eigenvalue weighted by Crippen LogP contribution is -1.97. The van der Waals surface area contributed by atoms with Crippen molar-refractivity contribution in [2.75, 3.05) is 6.61 Å². The summed E-state index contributed by atoms with van der Waals surface area (Å²) in [5.74, 6) is 0. The molecule has 1 unspecified atom stereocenters. The molecule has 0 bridgehead atoms. The summed E-state index contributed by atoms with van der Waals surface area (Å²) in [6.07, 6.45) is 1.51. The standard InChI is InChI=1S/C16H16O/c1-12-14(10-15-11-17-15)8-5-9-16(12)13-6-3-2-4-7-13/h2-9,15H,10-11H2,1H3. The Hall–Kier alpha value is -1.60. The van der Waals surface area contributed by atoms with Gasteiger partial charge < -0.3 is 4.74 Å². The zero-order valence-corrected chi connectivity index (χ0v) is 10.0. The minimum Gasteiger partial charge on any atom is -0.373 e. The van der Waals surface area contributed by atoms with Gasteiger partial charge in [-0.05, 0) is 29.2 Å². The Morgan fingerprint density at radius 1 is 1.06 bits per heavy atom. The molecular weight excluding hydrogens is 208 g/mol. The largest absolute Gasteiger partial charge is 0.373 e. The lowest BCUT2D eigenvalue weighted by atomic mass is 9.94. The summed E-state index contributed by atoms with van der Waals surface area (Å²) >= 11 is 0. The predicted octanol–water partition coefficient (Wildman–Crippen LogP) is 3.60. The summed E-state index contributed by atoms with van der Waals surface area (Å²) < 4.78 is 5.31. The van der Waals surface area contributed by atoms with Crippen molar-refractivity contribution in [2.24, 2.45) is 0 Å². The van der Waals surface area contributed by atoms with Crippen LogP contribution in [0.15, 0.2) is 48.5 Å². The lowest BCUT2D eigenvalue weighted by molar-refractivity contribution is 0.407. The van der Waals surface area contributed by atoms with Gasteiger partial charge in [0, 0.05) is 6.42 Å². The third-order valence-electron chi connectivity index (χ3n) is 3.38. The highest BCUT2D eigenvalue weighted by Crippen LogP contribution is 2.27. The molecule has 2 aromatic carbocycles. The Balaban J connectivity index is 1.99. The van der Waals surface area contributed by atoms with Crippen molar-refractivity contribution in [3.63, 3.8) is 0 Å². The molecule has 0 saturated carbocycles. The molecular formula is C16H16O. The summed E-state index contributed by atoms with van der Waals surface area (Å²) in [6.45, 7) is 3.13. The third-order valence-corrected chi connectivity index (χ3v) is 3.38. The Bertz CT molecular complexity index is 512. The van der Waals surface area contributed by atoms with Crippen LogP contribution in [0.25, 0.3) is 11.1 Å². The lowest BCUT2D eigenvalue weighted by Gasteiger charge is -2.10. The van der Waals surface area contributed by atoms with E-state index in [2.05, 4.69) is 55.5 Å². The molecule has 1 nitrogen and oxygen atoms in total. The van der Waals surface area contributed by atoms with Gasteiger partial charge in [0.1, 0.15) is 0 Å². The van der Waals surface area contributed by atoms with E-state index < -0.39 is 0 Å². The maximum Gasteiger partial charge on any atom is 0.0850 e. The smallest absolute Gasteiger partial charge is 0.0850 e. The van der Waals surface area contributed by atoms with E-state index >= 15 is 0 Å². The van der Waals surface area contributed by atoms with Gasteiger partial charge in [0.2, 0.25) is 0 Å². The quantitative estimate of drug-likeness (QED) is 0.726. The Morgan fingerprint density at radius 2 is 1.82 bits per heavy atom. The summed E-state index contributed by atoms with van der Waals surface area (Å²) in [6, 6.07) is 17.1. The topological polar surface area (TPSA) is 12.5 Å². The molecule has 0 amide bonds. The van der Waals surface area contributed by atoms with Gasteiger partial charge in [0.25, 0.3) is 0 Å². The Morgan fingerprint density at radius 3 is 2.53 bits per heavy atom. The Labute approximate surface area is 102 Å². The zero-order chi connectivity index (χ0) is 11.7. The first-order valence-corrected chi connectivity index (χ1v) is 6.10. The second kappa shape index (κ2) is 4.34. The zero-order valence-electron chi connectivity index (χ0n) is 10.0. The molecule has 0 aromatic heterocycles. The first-order valence-electron chi connectivity index (χ1n) is 6.10. The normalized spacial score (nSPS) is 18.1. The van der Waals surface area contributed by atoms with Gasteiger partial charge in [-0.15, -0.1) is 0 Å². The molecule has 1 saturated heterocycles. The van der Waals surface area contributed by atoms with Crippen LogP contribution in [-0.2, 0) is 11.2 Å². The summed E-state index contributed by atoms with van der Waals surface area (Å²) in [7, 11) is 0. The number of hydrogen-bond acceptors (Lipinski definition) is 1. The van der Waals surface area contributed by atoms with Crippen molar-refractivity contribution in [3.8, 4) is 11.1 Å². The molecule has 1 heteroatoms. The van der Waals surface area contributed by atoms with Crippen molar-refractivity contribution in [1.29, 1.82) is 0 Å². The van der Waals surface area contributed by atoms with Gasteiger partial charge >= 0.3 is 0 Å². The predicted molar refractivity (Wildman–Crippen MR) is 70.1 cm³/mol. The average molecular weight is 224 g/mol. The van der Waals surface area contributed by atoms with Crippen LogP contribution in [0.1, 0.15) is 11.1 Å². The molecule has 1 fully saturated rings. The highest BCUT2D eigenvalue weighted by molar-refractivity contribution is 5.68. The van der Waals surface area contributed by atoms with Crippen LogP contribution in [0.3, 0.4) is 0 Å². The molecule has 3 rings (SSSR count). The van der Waals surface area contributed by atoms with Crippen molar-refractivity contribution < 1.29 is 4.74 Å². The van der Waals surface area contributed by atoms with Crippen LogP contribution >= 0.6 is 0 Å². The van der Waals surface area contributed by atoms with Crippen molar-refractivity contribution in [2.45, 2.75) is 19.4 Å². The van der Waals surface area contributed by atoms with Crippen LogP contribution < -0.4 is 0 Å². The molecule has 86 valence electrons. The summed E-state index contributed by atoms with van der Waals surface area (Å²) in [5.41, 5.74) is 5.43. The maximum atomic E-state index is 5.31. The fourth-order valence-electron chi connectivity index (χ4n) is 2.27. The van der Waals surface area contributed by atoms with Crippen LogP contribution in [0.4, 0.5) is 0 Å². The second-order valence-corrected chi connectivity index (χ2v) is 4.62. The number of epoxide rings is 1. The van der Waals surface area contributed by atoms with Crippen LogP contribution in [0.5, 0.6) is 0 Å². The van der Waals surface area contributed by atoms with E-state index in [1.165, 1.54) is 22.3 Å². The van der Waals surface area contributed by atoms with Gasteiger partial charge in [0.05, 0.1) is 12.7 Å². The monoisotopic (exact) mass is 224 g/mol. The van der Waals surface area contributed by atoms with E-state index in [1.54, 1.807) is 0 Å². The van der Waals surface area contributed by atoms with Gasteiger partial charge in [-0.2, -0.15) is 0 Å². The van der Waals surface area contributed by atoms with Crippen LogP contribution in [-0.4, -0.2) is 12.7 Å². The second-order valence-electron chi connectivity index (χ2n) is 4.62. The van der Waals surface area contributed by atoms with Crippen molar-refractivity contribution >= 4 is 0 Å². The third kappa shape index (κ3) is 2.25. The molecule has 1 atom stereocenters. The molecule has 1 aliphatic rings. The van der Waals surface area contributed by atoms with Gasteiger partial charge in [-0.3, -0.25) is 0 Å². The minimum atomic E-state index is 0.458. The first kappa shape index (κ1) is 10.5. The van der Waals surface area contributed by atoms with E-state index in [1.807, 2.05) is 0 Å². The van der Waals surface area contributed by atoms with Crippen molar-refractivity contribution in [1.82, 2.24) is 0 Å². The molecule has 1 heterocycles. The average Bonchev–Trinajstić information content (AvgIpc) is 3.17. The first-order chi connectivity index (χ1) is 8.34. The molecule has 0 spiro atoms. The molecule has 0 aliphatic carbocycles. The van der Waals surface area contributed by atoms with Crippen molar-refractivity contribution in [3.05, 3.63) is 59.7 Å².